The van der Waals surface area contributed by atoms with Gasteiger partial charge in [-0.3, -0.25) is 4.90 Å². The molecule has 2 aliphatic rings. The molecule has 102 valence electrons. The van der Waals surface area contributed by atoms with Crippen LogP contribution in [0.25, 0.3) is 0 Å². The number of nitrogens with zero attached hydrogens (tertiary/aromatic N) is 2. The maximum atomic E-state index is 9.57. The van der Waals surface area contributed by atoms with Crippen molar-refractivity contribution in [3.8, 4) is 6.07 Å². The number of hydrogen-bond acceptors (Lipinski definition) is 4. The molecule has 3 atom stereocenters. The molecule has 0 aromatic rings. The minimum Gasteiger partial charge on any atom is -0.376 e. The van der Waals surface area contributed by atoms with E-state index >= 15 is 0 Å². The average molecular weight is 251 g/mol. The highest BCUT2D eigenvalue weighted by Crippen LogP contribution is 2.40. The first-order valence-corrected chi connectivity index (χ1v) is 7.11. The number of ether oxygens (including phenoxy) is 1. The minimum absolute atomic E-state index is 0.278. The van der Waals surface area contributed by atoms with Gasteiger partial charge in [-0.2, -0.15) is 5.26 Å². The average Bonchev–Trinajstić information content (AvgIpc) is 3.21. The molecule has 1 aliphatic heterocycles. The third-order valence-electron chi connectivity index (χ3n) is 4.42. The molecule has 1 heterocycles. The topological polar surface area (TPSA) is 48.3 Å². The lowest BCUT2D eigenvalue weighted by Crippen LogP contribution is -2.59. The lowest BCUT2D eigenvalue weighted by Gasteiger charge is -2.42. The molecule has 0 radical (unpaired) electrons. The van der Waals surface area contributed by atoms with Crippen molar-refractivity contribution in [1.29, 1.82) is 5.26 Å². The maximum Gasteiger partial charge on any atom is 0.122 e. The van der Waals surface area contributed by atoms with Crippen molar-refractivity contribution < 1.29 is 4.74 Å². The molecule has 2 rings (SSSR count). The van der Waals surface area contributed by atoms with E-state index in [-0.39, 0.29) is 11.6 Å². The minimum atomic E-state index is -0.357. The number of likely N-dealkylation sites (N-methyl/N-ethyl adjacent to an activating group) is 1. The zero-order valence-electron chi connectivity index (χ0n) is 11.8. The van der Waals surface area contributed by atoms with Crippen LogP contribution in [0.3, 0.4) is 0 Å². The van der Waals surface area contributed by atoms with Gasteiger partial charge in [-0.25, -0.2) is 0 Å². The summed E-state index contributed by atoms with van der Waals surface area (Å²) in [5.74, 6) is 0.531. The molecule has 0 aromatic carbocycles. The predicted octanol–water partition coefficient (Wildman–Crippen LogP) is 1.38. The Labute approximate surface area is 110 Å². The van der Waals surface area contributed by atoms with E-state index in [9.17, 15) is 5.26 Å². The van der Waals surface area contributed by atoms with Crippen LogP contribution in [0.5, 0.6) is 0 Å². The van der Waals surface area contributed by atoms with E-state index in [1.165, 1.54) is 12.8 Å². The van der Waals surface area contributed by atoms with Crippen LogP contribution in [-0.2, 0) is 4.74 Å². The Morgan fingerprint density at radius 3 is 2.72 bits per heavy atom. The predicted molar refractivity (Wildman–Crippen MR) is 71.2 cm³/mol. The SMILES string of the molecule is CCC1COC(C)CN1CC(C#N)(NC)C1CC1. The second kappa shape index (κ2) is 5.56. The van der Waals surface area contributed by atoms with Crippen LogP contribution < -0.4 is 5.32 Å². The van der Waals surface area contributed by atoms with Gasteiger partial charge in [0.2, 0.25) is 0 Å². The number of rotatable bonds is 5. The van der Waals surface area contributed by atoms with Gasteiger partial charge in [0.1, 0.15) is 5.54 Å². The third kappa shape index (κ3) is 2.69. The van der Waals surface area contributed by atoms with Crippen molar-refractivity contribution in [2.24, 2.45) is 5.92 Å². The van der Waals surface area contributed by atoms with E-state index in [1.54, 1.807) is 0 Å². The van der Waals surface area contributed by atoms with Crippen molar-refractivity contribution in [3.63, 3.8) is 0 Å². The summed E-state index contributed by atoms with van der Waals surface area (Å²) >= 11 is 0. The molecule has 1 saturated heterocycles. The molecule has 0 spiro atoms. The Bertz CT molecular complexity index is 323. The molecule has 4 nitrogen and oxygen atoms in total. The fourth-order valence-corrected chi connectivity index (χ4v) is 2.97. The molecule has 1 aliphatic carbocycles. The first-order valence-electron chi connectivity index (χ1n) is 7.11. The second-order valence-electron chi connectivity index (χ2n) is 5.74. The van der Waals surface area contributed by atoms with Gasteiger partial charge in [-0.15, -0.1) is 0 Å². The van der Waals surface area contributed by atoms with E-state index in [0.717, 1.165) is 26.1 Å². The van der Waals surface area contributed by atoms with Gasteiger partial charge >= 0.3 is 0 Å². The van der Waals surface area contributed by atoms with E-state index in [4.69, 9.17) is 4.74 Å². The Balaban J connectivity index is 2.06. The number of morpholine rings is 1. The van der Waals surface area contributed by atoms with E-state index in [0.29, 0.717) is 12.0 Å². The van der Waals surface area contributed by atoms with Crippen LogP contribution in [0.4, 0.5) is 0 Å². The van der Waals surface area contributed by atoms with Crippen LogP contribution in [0, 0.1) is 17.2 Å². The normalized spacial score (nSPS) is 32.8. The third-order valence-corrected chi connectivity index (χ3v) is 4.42. The van der Waals surface area contributed by atoms with Gasteiger partial charge < -0.3 is 10.1 Å². The summed E-state index contributed by atoms with van der Waals surface area (Å²) in [6, 6.07) is 3.00. The monoisotopic (exact) mass is 251 g/mol. The molecule has 0 bridgehead atoms. The van der Waals surface area contributed by atoms with Crippen molar-refractivity contribution >= 4 is 0 Å². The zero-order chi connectivity index (χ0) is 13.2. The molecule has 1 saturated carbocycles. The van der Waals surface area contributed by atoms with Crippen LogP contribution >= 0.6 is 0 Å². The van der Waals surface area contributed by atoms with E-state index in [1.807, 2.05) is 7.05 Å². The molecule has 3 unspecified atom stereocenters. The maximum absolute atomic E-state index is 9.57. The first kappa shape index (κ1) is 13.8. The summed E-state index contributed by atoms with van der Waals surface area (Å²) in [4.78, 5) is 2.45. The highest BCUT2D eigenvalue weighted by Gasteiger charge is 2.46. The Morgan fingerprint density at radius 1 is 1.50 bits per heavy atom. The van der Waals surface area contributed by atoms with Crippen LogP contribution in [0.15, 0.2) is 0 Å². The molecule has 0 amide bonds. The molecular weight excluding hydrogens is 226 g/mol. The summed E-state index contributed by atoms with van der Waals surface area (Å²) in [5.41, 5.74) is -0.357. The standard InChI is InChI=1S/C14H25N3O/c1-4-13-8-18-11(2)7-17(13)10-14(9-15,16-3)12-5-6-12/h11-13,16H,4-8,10H2,1-3H3. The van der Waals surface area contributed by atoms with E-state index in [2.05, 4.69) is 30.1 Å². The molecular formula is C14H25N3O. The lowest BCUT2D eigenvalue weighted by atomic mass is 9.93. The quantitative estimate of drug-likeness (QED) is 0.802. The van der Waals surface area contributed by atoms with Crippen LogP contribution in [-0.4, -0.2) is 49.3 Å². The van der Waals surface area contributed by atoms with Gasteiger partial charge in [0.25, 0.3) is 0 Å². The summed E-state index contributed by atoms with van der Waals surface area (Å²) < 4.78 is 5.72. The summed E-state index contributed by atoms with van der Waals surface area (Å²) in [6.45, 7) is 6.88. The van der Waals surface area contributed by atoms with E-state index < -0.39 is 0 Å². The number of nitriles is 1. The van der Waals surface area contributed by atoms with Gasteiger partial charge in [0.05, 0.1) is 18.8 Å². The summed E-state index contributed by atoms with van der Waals surface area (Å²) in [6.07, 6.45) is 3.74. The Morgan fingerprint density at radius 2 is 2.22 bits per heavy atom. The van der Waals surface area contributed by atoms with Gasteiger partial charge in [0, 0.05) is 19.1 Å². The Kier molecular flexibility index (Phi) is 4.26. The molecule has 2 fully saturated rings. The Hall–Kier alpha value is -0.630. The molecule has 1 N–H and O–H groups in total. The van der Waals surface area contributed by atoms with Gasteiger partial charge in [-0.1, -0.05) is 6.92 Å². The second-order valence-corrected chi connectivity index (χ2v) is 5.74. The highest BCUT2D eigenvalue weighted by molar-refractivity contribution is 5.16. The fraction of sp³-hybridized carbons (Fsp3) is 0.929. The number of hydrogen-bond donors (Lipinski definition) is 1. The summed E-state index contributed by atoms with van der Waals surface area (Å²) in [7, 11) is 1.92. The van der Waals surface area contributed by atoms with Crippen LogP contribution in [0.1, 0.15) is 33.1 Å². The molecule has 18 heavy (non-hydrogen) atoms. The van der Waals surface area contributed by atoms with Crippen LogP contribution in [0.2, 0.25) is 0 Å². The van der Waals surface area contributed by atoms with Crippen molar-refractivity contribution in [1.82, 2.24) is 10.2 Å². The summed E-state index contributed by atoms with van der Waals surface area (Å²) in [5, 5.41) is 12.9. The van der Waals surface area contributed by atoms with Gasteiger partial charge in [-0.05, 0) is 39.2 Å². The van der Waals surface area contributed by atoms with Gasteiger partial charge in [0.15, 0.2) is 0 Å². The number of nitrogens with one attached hydrogen (secondary N) is 1. The largest absolute Gasteiger partial charge is 0.376 e. The fourth-order valence-electron chi connectivity index (χ4n) is 2.97. The van der Waals surface area contributed by atoms with Crippen molar-refractivity contribution in [3.05, 3.63) is 0 Å². The lowest BCUT2D eigenvalue weighted by molar-refractivity contribution is -0.0623. The molecule has 4 heteroatoms. The zero-order valence-corrected chi connectivity index (χ0v) is 11.8. The van der Waals surface area contributed by atoms with Crippen molar-refractivity contribution in [2.75, 3.05) is 26.7 Å². The highest BCUT2D eigenvalue weighted by atomic mass is 16.5. The molecule has 0 aromatic heterocycles. The smallest absolute Gasteiger partial charge is 0.122 e. The first-order chi connectivity index (χ1) is 8.65. The van der Waals surface area contributed by atoms with Crippen molar-refractivity contribution in [2.45, 2.75) is 50.8 Å².